The zero-order valence-corrected chi connectivity index (χ0v) is 12.4. The van der Waals surface area contributed by atoms with Crippen LogP contribution >= 0.6 is 0 Å². The lowest BCUT2D eigenvalue weighted by atomic mass is 9.89. The van der Waals surface area contributed by atoms with Crippen LogP contribution in [-0.2, 0) is 4.79 Å². The number of benzene rings is 2. The van der Waals surface area contributed by atoms with E-state index in [9.17, 15) is 4.79 Å². The highest BCUT2D eigenvalue weighted by Crippen LogP contribution is 2.29. The van der Waals surface area contributed by atoms with E-state index >= 15 is 0 Å². The first-order valence-electron chi connectivity index (χ1n) is 7.84. The molecular formula is C19H18N2O. The van der Waals surface area contributed by atoms with Crippen molar-refractivity contribution >= 4 is 17.7 Å². The maximum atomic E-state index is 11.4. The summed E-state index contributed by atoms with van der Waals surface area (Å²) in [5.41, 5.74) is 2.65. The Bertz CT molecular complexity index is 818. The van der Waals surface area contributed by atoms with Gasteiger partial charge in [-0.1, -0.05) is 24.3 Å². The topological polar surface area (TPSA) is 32.7 Å². The average Bonchev–Trinajstić information content (AvgIpc) is 2.95. The fraction of sp³-hybridized carbons (Fsp3) is 0.263. The Morgan fingerprint density at radius 1 is 1.00 bits per heavy atom. The number of carbonyl (C=O) groups is 1. The summed E-state index contributed by atoms with van der Waals surface area (Å²) in [6.45, 7) is 2.16. The van der Waals surface area contributed by atoms with E-state index in [4.69, 9.17) is 0 Å². The first-order chi connectivity index (χ1) is 10.8. The van der Waals surface area contributed by atoms with Crippen LogP contribution in [-0.4, -0.2) is 19.0 Å². The van der Waals surface area contributed by atoms with E-state index < -0.39 is 0 Å². The third kappa shape index (κ3) is 2.43. The molecule has 22 heavy (non-hydrogen) atoms. The average molecular weight is 290 g/mol. The van der Waals surface area contributed by atoms with Gasteiger partial charge in [0.15, 0.2) is 0 Å². The summed E-state index contributed by atoms with van der Waals surface area (Å²) in [5, 5.41) is 1.79. The predicted octanol–water partition coefficient (Wildman–Crippen LogP) is 2.01. The fourth-order valence-electron chi connectivity index (χ4n) is 3.44. The Balaban J connectivity index is 1.51. The molecule has 2 aliphatic heterocycles. The number of piperidine rings is 1. The number of hydrogen-bond acceptors (Lipinski definition) is 2. The van der Waals surface area contributed by atoms with E-state index in [0.717, 1.165) is 36.5 Å². The highest BCUT2D eigenvalue weighted by molar-refractivity contribution is 6.06. The molecule has 0 atom stereocenters. The van der Waals surface area contributed by atoms with Crippen LogP contribution in [0.25, 0.3) is 6.08 Å². The lowest BCUT2D eigenvalue weighted by Gasteiger charge is -2.33. The van der Waals surface area contributed by atoms with Crippen molar-refractivity contribution in [1.29, 1.82) is 0 Å². The summed E-state index contributed by atoms with van der Waals surface area (Å²) >= 11 is 0. The zero-order valence-electron chi connectivity index (χ0n) is 12.4. The van der Waals surface area contributed by atoms with Crippen LogP contribution < -0.4 is 15.5 Å². The van der Waals surface area contributed by atoms with Crippen LogP contribution in [0.4, 0.5) is 5.69 Å². The largest absolute Gasteiger partial charge is 0.371 e. The van der Waals surface area contributed by atoms with Crippen LogP contribution in [0.3, 0.4) is 0 Å². The summed E-state index contributed by atoms with van der Waals surface area (Å²) in [6, 6.07) is 16.9. The van der Waals surface area contributed by atoms with Gasteiger partial charge < -0.3 is 4.90 Å². The fourth-order valence-corrected chi connectivity index (χ4v) is 3.44. The molecule has 2 aromatic rings. The summed E-state index contributed by atoms with van der Waals surface area (Å²) in [4.78, 5) is 17.8. The maximum absolute atomic E-state index is 11.4. The first-order valence-corrected chi connectivity index (χ1v) is 7.84. The molecule has 0 saturated carbocycles. The molecule has 1 saturated heterocycles. The normalized spacial score (nSPS) is 17.8. The van der Waals surface area contributed by atoms with Crippen molar-refractivity contribution in [3.8, 4) is 0 Å². The molecular weight excluding hydrogens is 272 g/mol. The monoisotopic (exact) mass is 290 g/mol. The van der Waals surface area contributed by atoms with Crippen molar-refractivity contribution in [2.45, 2.75) is 18.8 Å². The Morgan fingerprint density at radius 2 is 1.77 bits per heavy atom. The van der Waals surface area contributed by atoms with Crippen LogP contribution in [0.1, 0.15) is 24.3 Å². The number of para-hydroxylation sites is 1. The Labute approximate surface area is 129 Å². The third-order valence-electron chi connectivity index (χ3n) is 4.65. The zero-order chi connectivity index (χ0) is 14.9. The minimum Gasteiger partial charge on any atom is -0.371 e. The smallest absolute Gasteiger partial charge is 0.270 e. The molecule has 0 aromatic heterocycles. The first kappa shape index (κ1) is 13.3. The van der Waals surface area contributed by atoms with Gasteiger partial charge >= 0.3 is 0 Å². The van der Waals surface area contributed by atoms with Crippen molar-refractivity contribution in [1.82, 2.24) is 0 Å². The predicted molar refractivity (Wildman–Crippen MR) is 87.3 cm³/mol. The highest BCUT2D eigenvalue weighted by Gasteiger charge is 2.21. The van der Waals surface area contributed by atoms with E-state index in [0.29, 0.717) is 5.92 Å². The van der Waals surface area contributed by atoms with Gasteiger partial charge in [-0.15, -0.1) is 0 Å². The number of nitrogens with zero attached hydrogens (tertiary/aromatic N) is 2. The molecule has 0 N–H and O–H groups in total. The lowest BCUT2D eigenvalue weighted by molar-refractivity contribution is -0.112. The minimum absolute atomic E-state index is 0.133. The second-order valence-electron chi connectivity index (χ2n) is 6.01. The Hall–Kier alpha value is -2.42. The van der Waals surface area contributed by atoms with Gasteiger partial charge in [0.05, 0.1) is 5.36 Å². The van der Waals surface area contributed by atoms with Crippen molar-refractivity contribution in [2.75, 3.05) is 18.0 Å². The molecule has 0 aliphatic carbocycles. The van der Waals surface area contributed by atoms with Gasteiger partial charge in [0.25, 0.3) is 5.91 Å². The summed E-state index contributed by atoms with van der Waals surface area (Å²) in [7, 11) is 0. The summed E-state index contributed by atoms with van der Waals surface area (Å²) in [5.74, 6) is 0.445. The van der Waals surface area contributed by atoms with Gasteiger partial charge in [-0.2, -0.15) is 0 Å². The van der Waals surface area contributed by atoms with Crippen LogP contribution in [0.15, 0.2) is 53.5 Å². The summed E-state index contributed by atoms with van der Waals surface area (Å²) in [6.07, 6.45) is 3.94. The van der Waals surface area contributed by atoms with Gasteiger partial charge in [0.2, 0.25) is 0 Å². The van der Waals surface area contributed by atoms with Gasteiger partial charge in [0.1, 0.15) is 0 Å². The number of anilines is 1. The Kier molecular flexibility index (Phi) is 3.26. The van der Waals surface area contributed by atoms with Gasteiger partial charge in [-0.25, -0.2) is 4.99 Å². The molecule has 1 amide bonds. The minimum atomic E-state index is -0.133. The quantitative estimate of drug-likeness (QED) is 0.847. The molecule has 2 aromatic carbocycles. The molecule has 1 fully saturated rings. The molecule has 2 aliphatic rings. The van der Waals surface area contributed by atoms with Crippen LogP contribution in [0, 0.1) is 0 Å². The van der Waals surface area contributed by atoms with Crippen molar-refractivity contribution in [3.05, 3.63) is 64.7 Å². The van der Waals surface area contributed by atoms with Gasteiger partial charge in [-0.3, -0.25) is 4.79 Å². The molecule has 0 spiro atoms. The third-order valence-corrected chi connectivity index (χ3v) is 4.65. The number of amides is 1. The molecule has 4 rings (SSSR count). The number of rotatable bonds is 2. The number of fused-ring (bicyclic) bond motifs is 1. The second kappa shape index (κ2) is 5.41. The highest BCUT2D eigenvalue weighted by atomic mass is 16.1. The van der Waals surface area contributed by atoms with Crippen LogP contribution in [0.2, 0.25) is 0 Å². The summed E-state index contributed by atoms with van der Waals surface area (Å²) < 4.78 is 0. The molecule has 3 nitrogen and oxygen atoms in total. The Morgan fingerprint density at radius 3 is 2.55 bits per heavy atom. The van der Waals surface area contributed by atoms with Crippen molar-refractivity contribution in [2.24, 2.45) is 4.99 Å². The lowest BCUT2D eigenvalue weighted by Crippen LogP contribution is -2.33. The SMILES string of the molecule is O=C1C=c2cc(C3CCN(c4ccccc4)CC3)ccc2=N1. The molecule has 110 valence electrons. The number of hydrogen-bond donors (Lipinski definition) is 0. The van der Waals surface area contributed by atoms with E-state index in [1.54, 1.807) is 6.08 Å². The molecule has 3 heteroatoms. The van der Waals surface area contributed by atoms with Crippen LogP contribution in [0.5, 0.6) is 0 Å². The molecule has 0 unspecified atom stereocenters. The van der Waals surface area contributed by atoms with E-state index in [1.165, 1.54) is 11.3 Å². The van der Waals surface area contributed by atoms with E-state index in [-0.39, 0.29) is 5.91 Å². The maximum Gasteiger partial charge on any atom is 0.270 e. The second-order valence-corrected chi connectivity index (χ2v) is 6.01. The molecule has 0 radical (unpaired) electrons. The van der Waals surface area contributed by atoms with Gasteiger partial charge in [-0.05, 0) is 48.6 Å². The molecule has 2 heterocycles. The van der Waals surface area contributed by atoms with Gasteiger partial charge in [0, 0.05) is 30.1 Å². The van der Waals surface area contributed by atoms with Crippen molar-refractivity contribution < 1.29 is 4.79 Å². The standard InChI is InChI=1S/C19H18N2O/c22-19-13-16-12-15(6-7-18(16)20-19)14-8-10-21(11-9-14)17-4-2-1-3-5-17/h1-7,12-14H,8-11H2. The van der Waals surface area contributed by atoms with E-state index in [2.05, 4.69) is 52.4 Å². The van der Waals surface area contributed by atoms with Crippen molar-refractivity contribution in [3.63, 3.8) is 0 Å². The molecule has 0 bridgehead atoms. The number of carbonyl (C=O) groups excluding carboxylic acids is 1. The van der Waals surface area contributed by atoms with E-state index in [1.807, 2.05) is 6.07 Å².